The molecule has 0 unspecified atom stereocenters. The number of rotatable bonds is 10. The van der Waals surface area contributed by atoms with E-state index in [1.807, 2.05) is 37.3 Å². The summed E-state index contributed by atoms with van der Waals surface area (Å²) in [7, 11) is 0. The lowest BCUT2D eigenvalue weighted by Gasteiger charge is -2.19. The largest absolute Gasteiger partial charge is 0.429 e. The van der Waals surface area contributed by atoms with Crippen molar-refractivity contribution in [3.63, 3.8) is 0 Å². The summed E-state index contributed by atoms with van der Waals surface area (Å²) in [5, 5.41) is 0. The van der Waals surface area contributed by atoms with Crippen molar-refractivity contribution < 1.29 is 22.3 Å². The van der Waals surface area contributed by atoms with Gasteiger partial charge in [0.25, 0.3) is 0 Å². The van der Waals surface area contributed by atoms with Gasteiger partial charge < -0.3 is 4.74 Å². The van der Waals surface area contributed by atoms with E-state index < -0.39 is 23.3 Å². The third kappa shape index (κ3) is 6.60. The Morgan fingerprint density at radius 1 is 0.853 bits per heavy atom. The minimum atomic E-state index is -3.95. The molecule has 0 bridgehead atoms. The highest BCUT2D eigenvalue weighted by atomic mass is 19.3. The van der Waals surface area contributed by atoms with Crippen molar-refractivity contribution in [2.75, 3.05) is 0 Å². The average molecular weight is 469 g/mol. The lowest BCUT2D eigenvalue weighted by Crippen LogP contribution is -2.23. The predicted octanol–water partition coefficient (Wildman–Crippen LogP) is 9.08. The van der Waals surface area contributed by atoms with Gasteiger partial charge in [0.05, 0.1) is 5.56 Å². The molecule has 0 aliphatic carbocycles. The number of alkyl halides is 2. The molecule has 1 nitrogen and oxygen atoms in total. The molecule has 0 amide bonds. The van der Waals surface area contributed by atoms with Crippen LogP contribution in [0, 0.1) is 11.6 Å². The Bertz CT molecular complexity index is 1150. The molecule has 0 N–H and O–H groups in total. The van der Waals surface area contributed by atoms with E-state index in [2.05, 4.69) is 13.0 Å². The predicted molar refractivity (Wildman–Crippen MR) is 130 cm³/mol. The molecule has 0 aliphatic heterocycles. The van der Waals surface area contributed by atoms with E-state index in [1.54, 1.807) is 12.1 Å². The Labute approximate surface area is 198 Å². The van der Waals surface area contributed by atoms with Crippen molar-refractivity contribution in [2.45, 2.75) is 45.6 Å². The van der Waals surface area contributed by atoms with Gasteiger partial charge in [0.15, 0.2) is 0 Å². The van der Waals surface area contributed by atoms with Crippen LogP contribution in [0.15, 0.2) is 78.9 Å². The fourth-order valence-corrected chi connectivity index (χ4v) is 3.52. The Balaban J connectivity index is 1.74. The molecule has 0 radical (unpaired) electrons. The average Bonchev–Trinajstić information content (AvgIpc) is 2.80. The Morgan fingerprint density at radius 3 is 2.26 bits per heavy atom. The van der Waals surface area contributed by atoms with Gasteiger partial charge in [0.1, 0.15) is 17.4 Å². The molecule has 0 saturated carbocycles. The quantitative estimate of drug-likeness (QED) is 0.213. The standard InChI is InChI=1S/C29H28F4O/c1-3-5-7-9-21-11-14-23(15-12-21)25-17-16-24(20-27(25)30)34-29(32,33)26-18-13-22(19-28(26)31)10-8-6-4-2/h4,6-7,9,11-20H,3,5,8,10H2,1-2H3/b6-4+,9-7+. The summed E-state index contributed by atoms with van der Waals surface area (Å²) in [4.78, 5) is 0. The summed E-state index contributed by atoms with van der Waals surface area (Å²) in [6, 6.07) is 14.3. The molecule has 0 fully saturated rings. The monoisotopic (exact) mass is 468 g/mol. The smallest absolute Gasteiger partial charge is 0.429 e. The van der Waals surface area contributed by atoms with Crippen molar-refractivity contribution in [1.29, 1.82) is 0 Å². The minimum Gasteiger partial charge on any atom is -0.429 e. The number of unbranched alkanes of at least 4 members (excludes halogenated alkanes) is 1. The van der Waals surface area contributed by atoms with Crippen LogP contribution in [0.25, 0.3) is 17.2 Å². The van der Waals surface area contributed by atoms with Gasteiger partial charge in [-0.25, -0.2) is 8.78 Å². The number of hydrogen-bond donors (Lipinski definition) is 0. The van der Waals surface area contributed by atoms with Gasteiger partial charge in [-0.05, 0) is 67.1 Å². The molecular weight excluding hydrogens is 440 g/mol. The van der Waals surface area contributed by atoms with Crippen molar-refractivity contribution in [2.24, 2.45) is 0 Å². The second-order valence-electron chi connectivity index (χ2n) is 8.00. The molecule has 0 spiro atoms. The van der Waals surface area contributed by atoms with Gasteiger partial charge in [-0.3, -0.25) is 0 Å². The van der Waals surface area contributed by atoms with Crippen LogP contribution in [0.4, 0.5) is 17.6 Å². The van der Waals surface area contributed by atoms with Crippen LogP contribution in [0.1, 0.15) is 49.8 Å². The number of ether oxygens (including phenoxy) is 1. The molecule has 34 heavy (non-hydrogen) atoms. The van der Waals surface area contributed by atoms with Crippen molar-refractivity contribution in [3.05, 3.63) is 107 Å². The number of hydrogen-bond acceptors (Lipinski definition) is 1. The second-order valence-corrected chi connectivity index (χ2v) is 8.00. The van der Waals surface area contributed by atoms with E-state index in [1.165, 1.54) is 18.2 Å². The Hall–Kier alpha value is -3.34. The lowest BCUT2D eigenvalue weighted by molar-refractivity contribution is -0.187. The first kappa shape index (κ1) is 25.3. The highest BCUT2D eigenvalue weighted by molar-refractivity contribution is 5.67. The second kappa shape index (κ2) is 11.7. The summed E-state index contributed by atoms with van der Waals surface area (Å²) in [6.45, 7) is 3.97. The molecular formula is C29H28F4O. The van der Waals surface area contributed by atoms with Crippen molar-refractivity contribution in [3.8, 4) is 16.9 Å². The molecule has 178 valence electrons. The van der Waals surface area contributed by atoms with E-state index in [-0.39, 0.29) is 11.3 Å². The highest BCUT2D eigenvalue weighted by Gasteiger charge is 2.37. The molecule has 3 aromatic rings. The Kier molecular flexibility index (Phi) is 8.69. The maximum Gasteiger partial charge on any atom is 0.429 e. The summed E-state index contributed by atoms with van der Waals surface area (Å²) >= 11 is 0. The van der Waals surface area contributed by atoms with Crippen LogP contribution in [-0.4, -0.2) is 0 Å². The van der Waals surface area contributed by atoms with Crippen LogP contribution in [0.3, 0.4) is 0 Å². The summed E-state index contributed by atoms with van der Waals surface area (Å²) in [5.41, 5.74) is 1.59. The Morgan fingerprint density at radius 2 is 1.62 bits per heavy atom. The summed E-state index contributed by atoms with van der Waals surface area (Å²) < 4.78 is 63.2. The number of allylic oxidation sites excluding steroid dienone is 3. The third-order valence-electron chi connectivity index (χ3n) is 5.36. The zero-order valence-corrected chi connectivity index (χ0v) is 19.3. The van der Waals surface area contributed by atoms with Gasteiger partial charge >= 0.3 is 6.11 Å². The SMILES string of the molecule is C/C=C/CCc1ccc(C(F)(F)Oc2ccc(-c3ccc(/C=C/CCC)cc3)c(F)c2)c(F)c1. The van der Waals surface area contributed by atoms with Crippen molar-refractivity contribution >= 4 is 6.08 Å². The van der Waals surface area contributed by atoms with Crippen LogP contribution in [-0.2, 0) is 12.5 Å². The first-order valence-corrected chi connectivity index (χ1v) is 11.4. The summed E-state index contributed by atoms with van der Waals surface area (Å²) in [5.74, 6) is -2.16. The van der Waals surface area contributed by atoms with E-state index in [9.17, 15) is 17.6 Å². The minimum absolute atomic E-state index is 0.261. The molecule has 0 aromatic heterocycles. The van der Waals surface area contributed by atoms with E-state index in [4.69, 9.17) is 4.74 Å². The molecule has 0 aliphatic rings. The maximum atomic E-state index is 14.7. The zero-order chi connectivity index (χ0) is 24.6. The highest BCUT2D eigenvalue weighted by Crippen LogP contribution is 2.35. The normalized spacial score (nSPS) is 12.1. The topological polar surface area (TPSA) is 9.23 Å². The first-order chi connectivity index (χ1) is 16.3. The van der Waals surface area contributed by atoms with Crippen LogP contribution in [0.2, 0.25) is 0 Å². The molecule has 0 heterocycles. The van der Waals surface area contributed by atoms with Gasteiger partial charge in [-0.2, -0.15) is 8.78 Å². The van der Waals surface area contributed by atoms with Crippen LogP contribution in [0.5, 0.6) is 5.75 Å². The molecule has 3 rings (SSSR count). The fourth-order valence-electron chi connectivity index (χ4n) is 3.52. The first-order valence-electron chi connectivity index (χ1n) is 11.4. The van der Waals surface area contributed by atoms with Crippen molar-refractivity contribution in [1.82, 2.24) is 0 Å². The molecule has 5 heteroatoms. The van der Waals surface area contributed by atoms with Gasteiger partial charge in [0, 0.05) is 11.6 Å². The third-order valence-corrected chi connectivity index (χ3v) is 5.36. The number of aryl methyl sites for hydroxylation is 1. The zero-order valence-electron chi connectivity index (χ0n) is 19.3. The number of halogens is 4. The van der Waals surface area contributed by atoms with Crippen LogP contribution >= 0.6 is 0 Å². The summed E-state index contributed by atoms with van der Waals surface area (Å²) in [6.07, 6.45) is 7.17. The van der Waals surface area contributed by atoms with E-state index >= 15 is 0 Å². The van der Waals surface area contributed by atoms with Crippen LogP contribution < -0.4 is 4.74 Å². The van der Waals surface area contributed by atoms with Gasteiger partial charge in [-0.1, -0.05) is 68.0 Å². The molecule has 3 aromatic carbocycles. The number of benzene rings is 3. The van der Waals surface area contributed by atoms with Gasteiger partial charge in [-0.15, -0.1) is 0 Å². The fraction of sp³-hybridized carbons (Fsp3) is 0.241. The maximum absolute atomic E-state index is 14.7. The lowest BCUT2D eigenvalue weighted by atomic mass is 10.0. The molecule has 0 atom stereocenters. The molecule has 0 saturated heterocycles. The van der Waals surface area contributed by atoms with Gasteiger partial charge in [0.2, 0.25) is 0 Å². The van der Waals surface area contributed by atoms with E-state index in [0.717, 1.165) is 36.6 Å². The van der Waals surface area contributed by atoms with E-state index in [0.29, 0.717) is 24.0 Å².